The lowest BCUT2D eigenvalue weighted by atomic mass is 10.0. The largest absolute Gasteiger partial charge is 0.398 e. The fourth-order valence-electron chi connectivity index (χ4n) is 1.59. The molecule has 0 aliphatic heterocycles. The van der Waals surface area contributed by atoms with E-state index in [4.69, 9.17) is 28.9 Å². The highest BCUT2D eigenvalue weighted by Crippen LogP contribution is 2.22. The van der Waals surface area contributed by atoms with Crippen molar-refractivity contribution in [3.8, 4) is 0 Å². The van der Waals surface area contributed by atoms with Crippen molar-refractivity contribution in [3.63, 3.8) is 0 Å². The van der Waals surface area contributed by atoms with Gasteiger partial charge in [0, 0.05) is 15.7 Å². The van der Waals surface area contributed by atoms with Crippen LogP contribution >= 0.6 is 23.2 Å². The molecule has 2 aromatic rings. The van der Waals surface area contributed by atoms with Gasteiger partial charge in [-0.05, 0) is 47.9 Å². The van der Waals surface area contributed by atoms with E-state index in [0.29, 0.717) is 5.02 Å². The molecule has 16 heavy (non-hydrogen) atoms. The van der Waals surface area contributed by atoms with E-state index in [2.05, 4.69) is 0 Å². The van der Waals surface area contributed by atoms with Crippen molar-refractivity contribution < 1.29 is 0 Å². The van der Waals surface area contributed by atoms with Crippen molar-refractivity contribution >= 4 is 28.9 Å². The summed E-state index contributed by atoms with van der Waals surface area (Å²) in [4.78, 5) is 0. The lowest BCUT2D eigenvalue weighted by Crippen LogP contribution is -1.95. The lowest BCUT2D eigenvalue weighted by molar-refractivity contribution is 1.20. The first-order valence-electron chi connectivity index (χ1n) is 4.93. The van der Waals surface area contributed by atoms with Crippen molar-refractivity contribution in [3.05, 3.63) is 63.6 Å². The van der Waals surface area contributed by atoms with E-state index in [0.717, 1.165) is 28.3 Å². The number of anilines is 1. The van der Waals surface area contributed by atoms with Crippen LogP contribution in [0.1, 0.15) is 11.1 Å². The molecule has 0 amide bonds. The van der Waals surface area contributed by atoms with Gasteiger partial charge in [0.05, 0.1) is 0 Å². The molecule has 82 valence electrons. The summed E-state index contributed by atoms with van der Waals surface area (Å²) in [7, 11) is 0. The highest BCUT2D eigenvalue weighted by molar-refractivity contribution is 6.31. The molecule has 0 aliphatic carbocycles. The summed E-state index contributed by atoms with van der Waals surface area (Å²) in [6, 6.07) is 13.2. The van der Waals surface area contributed by atoms with Crippen LogP contribution in [0.4, 0.5) is 5.69 Å². The van der Waals surface area contributed by atoms with Crippen molar-refractivity contribution in [2.24, 2.45) is 0 Å². The number of nitrogens with two attached hydrogens (primary N) is 1. The Labute approximate surface area is 105 Å². The standard InChI is InChI=1S/C13H11Cl2N/c14-11-3-1-2-9(7-11)6-10-8-12(15)4-5-13(10)16/h1-5,7-8H,6,16H2. The second-order valence-electron chi connectivity index (χ2n) is 3.65. The zero-order valence-electron chi connectivity index (χ0n) is 8.58. The summed E-state index contributed by atoms with van der Waals surface area (Å²) < 4.78 is 0. The van der Waals surface area contributed by atoms with Crippen LogP contribution < -0.4 is 5.73 Å². The first-order valence-corrected chi connectivity index (χ1v) is 5.69. The van der Waals surface area contributed by atoms with Crippen LogP contribution in [0.25, 0.3) is 0 Å². The number of hydrogen-bond acceptors (Lipinski definition) is 1. The zero-order chi connectivity index (χ0) is 11.5. The van der Waals surface area contributed by atoms with E-state index in [1.165, 1.54) is 0 Å². The Hall–Kier alpha value is -1.18. The number of rotatable bonds is 2. The van der Waals surface area contributed by atoms with Crippen LogP contribution in [-0.2, 0) is 6.42 Å². The zero-order valence-corrected chi connectivity index (χ0v) is 10.1. The average Bonchev–Trinajstić information content (AvgIpc) is 2.24. The Balaban J connectivity index is 2.30. The normalized spacial score (nSPS) is 10.4. The van der Waals surface area contributed by atoms with E-state index in [1.807, 2.05) is 36.4 Å². The van der Waals surface area contributed by atoms with Gasteiger partial charge in [-0.25, -0.2) is 0 Å². The van der Waals surface area contributed by atoms with Gasteiger partial charge in [0.2, 0.25) is 0 Å². The number of nitrogen functional groups attached to an aromatic ring is 1. The number of halogens is 2. The third kappa shape index (κ3) is 2.69. The molecule has 0 aliphatic rings. The van der Waals surface area contributed by atoms with Gasteiger partial charge in [-0.2, -0.15) is 0 Å². The predicted octanol–water partition coefficient (Wildman–Crippen LogP) is 4.17. The van der Waals surface area contributed by atoms with Gasteiger partial charge in [-0.15, -0.1) is 0 Å². The van der Waals surface area contributed by atoms with E-state index in [9.17, 15) is 0 Å². The first-order chi connectivity index (χ1) is 7.65. The Morgan fingerprint density at radius 1 is 0.938 bits per heavy atom. The monoisotopic (exact) mass is 251 g/mol. The molecule has 2 rings (SSSR count). The summed E-state index contributed by atoms with van der Waals surface area (Å²) in [5.41, 5.74) is 8.79. The van der Waals surface area contributed by atoms with E-state index in [1.54, 1.807) is 6.07 Å². The topological polar surface area (TPSA) is 26.0 Å². The minimum atomic E-state index is 0.700. The van der Waals surface area contributed by atoms with Crippen LogP contribution in [0, 0.1) is 0 Å². The van der Waals surface area contributed by atoms with Gasteiger partial charge < -0.3 is 5.73 Å². The summed E-state index contributed by atoms with van der Waals surface area (Å²) in [5.74, 6) is 0. The van der Waals surface area contributed by atoms with Gasteiger partial charge in [-0.1, -0.05) is 35.3 Å². The van der Waals surface area contributed by atoms with Crippen molar-refractivity contribution in [1.82, 2.24) is 0 Å². The van der Waals surface area contributed by atoms with Crippen LogP contribution in [0.15, 0.2) is 42.5 Å². The van der Waals surface area contributed by atoms with Crippen LogP contribution in [0.3, 0.4) is 0 Å². The van der Waals surface area contributed by atoms with Crippen molar-refractivity contribution in [2.45, 2.75) is 6.42 Å². The van der Waals surface area contributed by atoms with Crippen molar-refractivity contribution in [2.75, 3.05) is 5.73 Å². The highest BCUT2D eigenvalue weighted by Gasteiger charge is 2.02. The van der Waals surface area contributed by atoms with Gasteiger partial charge in [0.1, 0.15) is 0 Å². The molecule has 1 nitrogen and oxygen atoms in total. The maximum atomic E-state index is 5.93. The summed E-state index contributed by atoms with van der Waals surface area (Å²) in [5, 5.41) is 1.43. The molecule has 0 bridgehead atoms. The molecule has 0 fully saturated rings. The quantitative estimate of drug-likeness (QED) is 0.797. The molecule has 3 heteroatoms. The summed E-state index contributed by atoms with van der Waals surface area (Å²) >= 11 is 11.9. The molecule has 0 saturated carbocycles. The maximum Gasteiger partial charge on any atom is 0.0410 e. The molecule has 2 N–H and O–H groups in total. The fraction of sp³-hybridized carbons (Fsp3) is 0.0769. The molecule has 0 spiro atoms. The Morgan fingerprint density at radius 2 is 1.69 bits per heavy atom. The molecule has 2 aromatic carbocycles. The molecule has 0 aromatic heterocycles. The van der Waals surface area contributed by atoms with E-state index in [-0.39, 0.29) is 0 Å². The van der Waals surface area contributed by atoms with E-state index < -0.39 is 0 Å². The SMILES string of the molecule is Nc1ccc(Cl)cc1Cc1cccc(Cl)c1. The highest BCUT2D eigenvalue weighted by atomic mass is 35.5. The van der Waals surface area contributed by atoms with Gasteiger partial charge >= 0.3 is 0 Å². The minimum absolute atomic E-state index is 0.700. The third-order valence-corrected chi connectivity index (χ3v) is 2.86. The van der Waals surface area contributed by atoms with E-state index >= 15 is 0 Å². The lowest BCUT2D eigenvalue weighted by Gasteiger charge is -2.06. The Bertz CT molecular complexity index is 509. The van der Waals surface area contributed by atoms with Gasteiger partial charge in [0.25, 0.3) is 0 Å². The van der Waals surface area contributed by atoms with Gasteiger partial charge in [0.15, 0.2) is 0 Å². The second-order valence-corrected chi connectivity index (χ2v) is 4.52. The second kappa shape index (κ2) is 4.77. The third-order valence-electron chi connectivity index (χ3n) is 2.39. The van der Waals surface area contributed by atoms with Crippen molar-refractivity contribution in [1.29, 1.82) is 0 Å². The molecule has 0 atom stereocenters. The maximum absolute atomic E-state index is 5.93. The van der Waals surface area contributed by atoms with Crippen LogP contribution in [0.2, 0.25) is 10.0 Å². The number of benzene rings is 2. The first kappa shape index (κ1) is 11.3. The number of hydrogen-bond donors (Lipinski definition) is 1. The van der Waals surface area contributed by atoms with Crippen LogP contribution in [-0.4, -0.2) is 0 Å². The van der Waals surface area contributed by atoms with Crippen LogP contribution in [0.5, 0.6) is 0 Å². The molecule has 0 saturated heterocycles. The Morgan fingerprint density at radius 3 is 2.44 bits per heavy atom. The summed E-state index contributed by atoms with van der Waals surface area (Å²) in [6.45, 7) is 0. The molecular weight excluding hydrogens is 241 g/mol. The average molecular weight is 252 g/mol. The molecule has 0 heterocycles. The predicted molar refractivity (Wildman–Crippen MR) is 70.1 cm³/mol. The Kier molecular flexibility index (Phi) is 3.37. The molecule has 0 unspecified atom stereocenters. The molecular formula is C13H11Cl2N. The minimum Gasteiger partial charge on any atom is -0.398 e. The summed E-state index contributed by atoms with van der Waals surface area (Å²) in [6.07, 6.45) is 0.743. The fourth-order valence-corrected chi connectivity index (χ4v) is 2.00. The van der Waals surface area contributed by atoms with Gasteiger partial charge in [-0.3, -0.25) is 0 Å². The molecule has 0 radical (unpaired) electrons. The smallest absolute Gasteiger partial charge is 0.0410 e.